The molecule has 78 valence electrons. The Morgan fingerprint density at radius 3 is 2.93 bits per heavy atom. The second-order valence-electron chi connectivity index (χ2n) is 4.22. The third-order valence-electron chi connectivity index (χ3n) is 2.89. The first kappa shape index (κ1) is 8.92. The zero-order valence-electron chi connectivity index (χ0n) is 8.81. The van der Waals surface area contributed by atoms with E-state index in [1.807, 2.05) is 24.3 Å². The van der Waals surface area contributed by atoms with Crippen molar-refractivity contribution in [2.75, 3.05) is 7.05 Å². The van der Waals surface area contributed by atoms with Gasteiger partial charge in [-0.25, -0.2) is 4.98 Å². The molecule has 0 spiro atoms. The third-order valence-corrected chi connectivity index (χ3v) is 2.89. The molecular formula is C12H14N2O. The number of aromatic nitrogens is 1. The maximum absolute atomic E-state index is 5.66. The Hall–Kier alpha value is -1.35. The molecule has 1 aliphatic carbocycles. The van der Waals surface area contributed by atoms with Crippen LogP contribution in [0.2, 0.25) is 0 Å². The van der Waals surface area contributed by atoms with Crippen molar-refractivity contribution in [2.24, 2.45) is 0 Å². The molecule has 1 fully saturated rings. The minimum Gasteiger partial charge on any atom is -0.439 e. The van der Waals surface area contributed by atoms with Crippen molar-refractivity contribution in [1.82, 2.24) is 9.88 Å². The fraction of sp³-hybridized carbons (Fsp3) is 0.417. The molecule has 0 radical (unpaired) electrons. The molecule has 1 aromatic heterocycles. The molecule has 0 bridgehead atoms. The monoisotopic (exact) mass is 202 g/mol. The summed E-state index contributed by atoms with van der Waals surface area (Å²) in [7, 11) is 2.13. The van der Waals surface area contributed by atoms with E-state index in [1.54, 1.807) is 0 Å². The Morgan fingerprint density at radius 1 is 1.40 bits per heavy atom. The molecule has 0 aliphatic heterocycles. The predicted octanol–water partition coefficient (Wildman–Crippen LogP) is 2.42. The molecule has 15 heavy (non-hydrogen) atoms. The number of hydrogen-bond acceptors (Lipinski definition) is 3. The summed E-state index contributed by atoms with van der Waals surface area (Å²) in [6.45, 7) is 0.819. The van der Waals surface area contributed by atoms with E-state index in [1.165, 1.54) is 12.8 Å². The van der Waals surface area contributed by atoms with E-state index in [0.29, 0.717) is 0 Å². The van der Waals surface area contributed by atoms with E-state index in [-0.39, 0.29) is 0 Å². The van der Waals surface area contributed by atoms with Gasteiger partial charge in [-0.1, -0.05) is 12.1 Å². The molecule has 0 saturated heterocycles. The smallest absolute Gasteiger partial charge is 0.209 e. The van der Waals surface area contributed by atoms with Gasteiger partial charge < -0.3 is 4.42 Å². The molecule has 3 rings (SSSR count). The zero-order chi connectivity index (χ0) is 10.3. The lowest BCUT2D eigenvalue weighted by Crippen LogP contribution is -2.19. The van der Waals surface area contributed by atoms with E-state index in [2.05, 4.69) is 16.9 Å². The first-order valence-corrected chi connectivity index (χ1v) is 5.37. The largest absolute Gasteiger partial charge is 0.439 e. The number of benzene rings is 1. The fourth-order valence-corrected chi connectivity index (χ4v) is 1.85. The van der Waals surface area contributed by atoms with Gasteiger partial charge in [-0.3, -0.25) is 4.90 Å². The molecule has 1 aromatic carbocycles. The lowest BCUT2D eigenvalue weighted by atomic mass is 10.3. The van der Waals surface area contributed by atoms with Gasteiger partial charge in [0.25, 0.3) is 0 Å². The molecule has 1 saturated carbocycles. The van der Waals surface area contributed by atoms with Gasteiger partial charge in [-0.15, -0.1) is 0 Å². The van der Waals surface area contributed by atoms with Gasteiger partial charge in [0, 0.05) is 6.04 Å². The summed E-state index contributed by atoms with van der Waals surface area (Å²) in [6, 6.07) is 8.66. The van der Waals surface area contributed by atoms with Crippen molar-refractivity contribution in [3.8, 4) is 0 Å². The van der Waals surface area contributed by atoms with Crippen LogP contribution in [0.15, 0.2) is 28.7 Å². The number of oxazole rings is 1. The first-order chi connectivity index (χ1) is 7.33. The molecule has 0 atom stereocenters. The van der Waals surface area contributed by atoms with Crippen molar-refractivity contribution < 1.29 is 4.42 Å². The van der Waals surface area contributed by atoms with Crippen LogP contribution in [0.4, 0.5) is 0 Å². The van der Waals surface area contributed by atoms with E-state index in [0.717, 1.165) is 29.6 Å². The molecule has 2 aromatic rings. The second-order valence-corrected chi connectivity index (χ2v) is 4.22. The summed E-state index contributed by atoms with van der Waals surface area (Å²) in [4.78, 5) is 6.76. The summed E-state index contributed by atoms with van der Waals surface area (Å²) < 4.78 is 5.66. The number of hydrogen-bond donors (Lipinski definition) is 0. The summed E-state index contributed by atoms with van der Waals surface area (Å²) in [6.07, 6.45) is 2.63. The summed E-state index contributed by atoms with van der Waals surface area (Å²) in [5.41, 5.74) is 1.84. The fourth-order valence-electron chi connectivity index (χ4n) is 1.85. The van der Waals surface area contributed by atoms with E-state index < -0.39 is 0 Å². The van der Waals surface area contributed by atoms with Crippen molar-refractivity contribution in [2.45, 2.75) is 25.4 Å². The zero-order valence-corrected chi connectivity index (χ0v) is 8.81. The molecule has 0 unspecified atom stereocenters. The number of fused-ring (bicyclic) bond motifs is 1. The van der Waals surface area contributed by atoms with Crippen LogP contribution in [0.25, 0.3) is 11.1 Å². The highest BCUT2D eigenvalue weighted by atomic mass is 16.3. The third kappa shape index (κ3) is 1.75. The van der Waals surface area contributed by atoms with Gasteiger partial charge in [0.15, 0.2) is 5.58 Å². The van der Waals surface area contributed by atoms with Crippen molar-refractivity contribution in [3.63, 3.8) is 0 Å². The molecule has 1 heterocycles. The van der Waals surface area contributed by atoms with E-state index in [4.69, 9.17) is 4.42 Å². The van der Waals surface area contributed by atoms with Crippen LogP contribution in [0, 0.1) is 0 Å². The quantitative estimate of drug-likeness (QED) is 0.765. The Kier molecular flexibility index (Phi) is 1.99. The van der Waals surface area contributed by atoms with Crippen LogP contribution >= 0.6 is 0 Å². The summed E-state index contributed by atoms with van der Waals surface area (Å²) in [5, 5.41) is 0. The minimum absolute atomic E-state index is 0.750. The minimum atomic E-state index is 0.750. The van der Waals surface area contributed by atoms with Gasteiger partial charge >= 0.3 is 0 Å². The molecule has 0 amide bonds. The van der Waals surface area contributed by atoms with Gasteiger partial charge in [0.05, 0.1) is 6.54 Å². The van der Waals surface area contributed by atoms with E-state index in [9.17, 15) is 0 Å². The highest BCUT2D eigenvalue weighted by Gasteiger charge is 2.26. The van der Waals surface area contributed by atoms with Crippen molar-refractivity contribution >= 4 is 11.1 Å². The average molecular weight is 202 g/mol. The Balaban J connectivity index is 1.84. The van der Waals surface area contributed by atoms with Gasteiger partial charge in [0.2, 0.25) is 5.89 Å². The van der Waals surface area contributed by atoms with Crippen LogP contribution in [-0.4, -0.2) is 23.0 Å². The number of rotatable bonds is 3. The second kappa shape index (κ2) is 3.35. The standard InChI is InChI=1S/C12H14N2O/c1-14(9-6-7-9)8-12-13-10-4-2-3-5-11(10)15-12/h2-5,9H,6-8H2,1H3. The lowest BCUT2D eigenvalue weighted by molar-refractivity contribution is 0.283. The average Bonchev–Trinajstić information content (AvgIpc) is 2.99. The summed E-state index contributed by atoms with van der Waals surface area (Å²) >= 11 is 0. The van der Waals surface area contributed by atoms with Crippen LogP contribution in [0.5, 0.6) is 0 Å². The molecule has 1 aliphatic rings. The van der Waals surface area contributed by atoms with Crippen LogP contribution in [0.1, 0.15) is 18.7 Å². The lowest BCUT2D eigenvalue weighted by Gasteiger charge is -2.11. The molecule has 0 N–H and O–H groups in total. The normalized spacial score (nSPS) is 16.4. The van der Waals surface area contributed by atoms with Gasteiger partial charge in [-0.05, 0) is 32.0 Å². The van der Waals surface area contributed by atoms with Crippen LogP contribution < -0.4 is 0 Å². The van der Waals surface area contributed by atoms with Crippen molar-refractivity contribution in [1.29, 1.82) is 0 Å². The highest BCUT2D eigenvalue weighted by Crippen LogP contribution is 2.27. The predicted molar refractivity (Wildman–Crippen MR) is 58.5 cm³/mol. The Bertz CT molecular complexity index is 440. The SMILES string of the molecule is CN(Cc1nc2ccccc2o1)C1CC1. The highest BCUT2D eigenvalue weighted by molar-refractivity contribution is 5.72. The Labute approximate surface area is 88.7 Å². The van der Waals surface area contributed by atoms with Gasteiger partial charge in [-0.2, -0.15) is 0 Å². The molecule has 3 heteroatoms. The van der Waals surface area contributed by atoms with Crippen molar-refractivity contribution in [3.05, 3.63) is 30.2 Å². The first-order valence-electron chi connectivity index (χ1n) is 5.37. The van der Waals surface area contributed by atoms with Gasteiger partial charge in [0.1, 0.15) is 5.52 Å². The maximum Gasteiger partial charge on any atom is 0.209 e. The number of para-hydroxylation sites is 2. The molecule has 3 nitrogen and oxygen atoms in total. The number of nitrogens with zero attached hydrogens (tertiary/aromatic N) is 2. The van der Waals surface area contributed by atoms with E-state index >= 15 is 0 Å². The maximum atomic E-state index is 5.66. The van der Waals surface area contributed by atoms with Crippen LogP contribution in [-0.2, 0) is 6.54 Å². The Morgan fingerprint density at radius 2 is 2.20 bits per heavy atom. The summed E-state index contributed by atoms with van der Waals surface area (Å²) in [5.74, 6) is 0.825. The topological polar surface area (TPSA) is 29.3 Å². The van der Waals surface area contributed by atoms with Crippen LogP contribution in [0.3, 0.4) is 0 Å². The molecular weight excluding hydrogens is 188 g/mol.